The molecule has 0 saturated heterocycles. The Kier molecular flexibility index (Phi) is 5.89. The van der Waals surface area contributed by atoms with Crippen molar-refractivity contribution in [2.75, 3.05) is 12.3 Å². The van der Waals surface area contributed by atoms with Gasteiger partial charge in [0.2, 0.25) is 10.0 Å². The molecule has 3 N–H and O–H groups in total. The first kappa shape index (κ1) is 16.7. The van der Waals surface area contributed by atoms with Crippen LogP contribution in [0.25, 0.3) is 0 Å². The predicted molar refractivity (Wildman–Crippen MR) is 60.0 cm³/mol. The van der Waals surface area contributed by atoms with E-state index >= 15 is 0 Å². The topological polar surface area (TPSA) is 72.2 Å². The van der Waals surface area contributed by atoms with Crippen molar-refractivity contribution in [3.63, 3.8) is 0 Å². The van der Waals surface area contributed by atoms with E-state index < -0.39 is 40.3 Å². The van der Waals surface area contributed by atoms with E-state index in [9.17, 15) is 21.6 Å². The van der Waals surface area contributed by atoms with Gasteiger partial charge >= 0.3 is 6.18 Å². The van der Waals surface area contributed by atoms with E-state index in [0.717, 1.165) is 0 Å². The molecule has 0 saturated carbocycles. The molecule has 0 amide bonds. The van der Waals surface area contributed by atoms with Crippen molar-refractivity contribution in [1.82, 2.24) is 4.72 Å². The number of nitrogens with one attached hydrogen (secondary N) is 1. The van der Waals surface area contributed by atoms with Gasteiger partial charge in [0.1, 0.15) is 0 Å². The van der Waals surface area contributed by atoms with Crippen LogP contribution in [0.2, 0.25) is 0 Å². The van der Waals surface area contributed by atoms with Crippen molar-refractivity contribution in [3.8, 4) is 0 Å². The van der Waals surface area contributed by atoms with Gasteiger partial charge in [0, 0.05) is 12.0 Å². The molecule has 0 aromatic carbocycles. The Morgan fingerprint density at radius 1 is 1.18 bits per heavy atom. The summed E-state index contributed by atoms with van der Waals surface area (Å²) >= 11 is 0. The fourth-order valence-corrected chi connectivity index (χ4v) is 2.92. The van der Waals surface area contributed by atoms with E-state index in [2.05, 4.69) is 4.72 Å². The molecule has 104 valence electrons. The normalized spacial score (nSPS) is 14.0. The third-order valence-electron chi connectivity index (χ3n) is 2.07. The van der Waals surface area contributed by atoms with Gasteiger partial charge < -0.3 is 5.73 Å². The maximum atomic E-state index is 11.9. The summed E-state index contributed by atoms with van der Waals surface area (Å²) in [4.78, 5) is 0. The summed E-state index contributed by atoms with van der Waals surface area (Å²) in [7, 11) is -3.69. The van der Waals surface area contributed by atoms with Crippen molar-refractivity contribution in [3.05, 3.63) is 0 Å². The molecule has 4 nitrogen and oxygen atoms in total. The second-order valence-corrected chi connectivity index (χ2v) is 6.40. The number of hydrogen-bond donors (Lipinski definition) is 2. The summed E-state index contributed by atoms with van der Waals surface area (Å²) in [6.45, 7) is 3.58. The zero-order valence-corrected chi connectivity index (χ0v) is 10.8. The first-order chi connectivity index (χ1) is 7.47. The van der Waals surface area contributed by atoms with Crippen LogP contribution in [0.4, 0.5) is 13.2 Å². The lowest BCUT2D eigenvalue weighted by Gasteiger charge is -2.25. The highest BCUT2D eigenvalue weighted by atomic mass is 32.2. The molecular formula is C9H19F3N2O2S. The van der Waals surface area contributed by atoms with Crippen molar-refractivity contribution in [2.24, 2.45) is 5.73 Å². The van der Waals surface area contributed by atoms with E-state index in [1.165, 1.54) is 0 Å². The molecule has 0 spiro atoms. The van der Waals surface area contributed by atoms with Crippen LogP contribution in [-0.2, 0) is 10.0 Å². The molecule has 0 radical (unpaired) electrons. The first-order valence-electron chi connectivity index (χ1n) is 5.26. The van der Waals surface area contributed by atoms with Crippen LogP contribution < -0.4 is 10.5 Å². The second-order valence-electron chi connectivity index (χ2n) is 4.56. The van der Waals surface area contributed by atoms with Crippen molar-refractivity contribution in [2.45, 2.75) is 44.8 Å². The quantitative estimate of drug-likeness (QED) is 0.738. The molecule has 0 bridgehead atoms. The first-order valence-corrected chi connectivity index (χ1v) is 6.91. The number of rotatable bonds is 7. The van der Waals surface area contributed by atoms with Crippen LogP contribution in [0.1, 0.15) is 33.1 Å². The molecule has 8 heteroatoms. The molecule has 0 rings (SSSR count). The molecule has 0 aliphatic heterocycles. The van der Waals surface area contributed by atoms with Crippen LogP contribution >= 0.6 is 0 Å². The summed E-state index contributed by atoms with van der Waals surface area (Å²) in [6, 6.07) is 0. The van der Waals surface area contributed by atoms with Gasteiger partial charge in [-0.1, -0.05) is 0 Å². The Morgan fingerprint density at radius 2 is 1.71 bits per heavy atom. The zero-order chi connectivity index (χ0) is 13.7. The average molecular weight is 276 g/mol. The maximum Gasteiger partial charge on any atom is 0.389 e. The van der Waals surface area contributed by atoms with E-state index in [0.29, 0.717) is 13.0 Å². The highest BCUT2D eigenvalue weighted by molar-refractivity contribution is 7.89. The number of sulfonamides is 1. The van der Waals surface area contributed by atoms with Gasteiger partial charge in [-0.2, -0.15) is 13.2 Å². The van der Waals surface area contributed by atoms with Crippen LogP contribution in [0.15, 0.2) is 0 Å². The molecule has 0 aliphatic carbocycles. The van der Waals surface area contributed by atoms with E-state index in [-0.39, 0.29) is 0 Å². The summed E-state index contributed by atoms with van der Waals surface area (Å²) in [5, 5.41) is 0. The minimum Gasteiger partial charge on any atom is -0.330 e. The third kappa shape index (κ3) is 9.37. The molecule has 0 atom stereocenters. The number of hydrogen-bond acceptors (Lipinski definition) is 3. The summed E-state index contributed by atoms with van der Waals surface area (Å²) < 4.78 is 60.9. The fraction of sp³-hybridized carbons (Fsp3) is 1.00. The molecule has 0 heterocycles. The minimum absolute atomic E-state index is 0.304. The van der Waals surface area contributed by atoms with Crippen molar-refractivity contribution in [1.29, 1.82) is 0 Å². The molecule has 17 heavy (non-hydrogen) atoms. The second kappa shape index (κ2) is 6.01. The Labute approximate surface area is 99.8 Å². The third-order valence-corrected chi connectivity index (χ3v) is 3.76. The summed E-state index contributed by atoms with van der Waals surface area (Å²) in [6.07, 6.45) is -5.42. The maximum absolute atomic E-state index is 11.9. The van der Waals surface area contributed by atoms with Crippen LogP contribution in [-0.4, -0.2) is 32.4 Å². The monoisotopic (exact) mass is 276 g/mol. The van der Waals surface area contributed by atoms with Gasteiger partial charge in [0.15, 0.2) is 0 Å². The SMILES string of the molecule is CC(C)(CCN)NS(=O)(=O)CCCC(F)(F)F. The van der Waals surface area contributed by atoms with Crippen LogP contribution in [0.5, 0.6) is 0 Å². The van der Waals surface area contributed by atoms with E-state index in [4.69, 9.17) is 5.73 Å². The standard InChI is InChI=1S/C9H19F3N2O2S/c1-8(2,5-6-13)14-17(15,16)7-3-4-9(10,11)12/h14H,3-7,13H2,1-2H3. The van der Waals surface area contributed by atoms with Crippen molar-refractivity contribution >= 4 is 10.0 Å². The molecular weight excluding hydrogens is 257 g/mol. The largest absolute Gasteiger partial charge is 0.389 e. The van der Waals surface area contributed by atoms with Gasteiger partial charge in [-0.25, -0.2) is 13.1 Å². The Balaban J connectivity index is 4.22. The predicted octanol–water partition coefficient (Wildman–Crippen LogP) is 1.38. The Hall–Kier alpha value is -0.340. The van der Waals surface area contributed by atoms with E-state index in [1.807, 2.05) is 0 Å². The molecule has 0 fully saturated rings. The van der Waals surface area contributed by atoms with Crippen LogP contribution in [0, 0.1) is 0 Å². The Morgan fingerprint density at radius 3 is 2.12 bits per heavy atom. The fourth-order valence-electron chi connectivity index (χ4n) is 1.35. The molecule has 0 aliphatic rings. The lowest BCUT2D eigenvalue weighted by molar-refractivity contribution is -0.134. The van der Waals surface area contributed by atoms with Gasteiger partial charge in [0.05, 0.1) is 5.75 Å². The number of nitrogens with two attached hydrogens (primary N) is 1. The number of alkyl halides is 3. The van der Waals surface area contributed by atoms with Gasteiger partial charge in [-0.3, -0.25) is 0 Å². The van der Waals surface area contributed by atoms with Gasteiger partial charge in [-0.15, -0.1) is 0 Å². The molecule has 0 aromatic rings. The highest BCUT2D eigenvalue weighted by Crippen LogP contribution is 2.21. The van der Waals surface area contributed by atoms with Crippen molar-refractivity contribution < 1.29 is 21.6 Å². The van der Waals surface area contributed by atoms with Gasteiger partial charge in [-0.05, 0) is 33.2 Å². The Bertz CT molecular complexity index is 326. The highest BCUT2D eigenvalue weighted by Gasteiger charge is 2.29. The number of halogens is 3. The minimum atomic E-state index is -4.32. The summed E-state index contributed by atoms with van der Waals surface area (Å²) in [5.41, 5.74) is 4.58. The van der Waals surface area contributed by atoms with Gasteiger partial charge in [0.25, 0.3) is 0 Å². The van der Waals surface area contributed by atoms with E-state index in [1.54, 1.807) is 13.8 Å². The molecule has 0 unspecified atom stereocenters. The zero-order valence-electron chi connectivity index (χ0n) is 9.97. The van der Waals surface area contributed by atoms with Crippen LogP contribution in [0.3, 0.4) is 0 Å². The lowest BCUT2D eigenvalue weighted by atomic mass is 10.0. The summed E-state index contributed by atoms with van der Waals surface area (Å²) in [5.74, 6) is -0.527. The smallest absolute Gasteiger partial charge is 0.330 e. The lowest BCUT2D eigenvalue weighted by Crippen LogP contribution is -2.45. The molecule has 0 aromatic heterocycles. The average Bonchev–Trinajstić information content (AvgIpc) is 1.96.